The summed E-state index contributed by atoms with van der Waals surface area (Å²) in [4.78, 5) is 8.03. The highest BCUT2D eigenvalue weighted by Crippen LogP contribution is 2.36. The van der Waals surface area contributed by atoms with E-state index in [0.29, 0.717) is 0 Å². The van der Waals surface area contributed by atoms with Gasteiger partial charge in [0.2, 0.25) is 0 Å². The van der Waals surface area contributed by atoms with Crippen LogP contribution >= 0.6 is 23.1 Å². The van der Waals surface area contributed by atoms with Crippen molar-refractivity contribution < 1.29 is 0 Å². The number of hydrogen-bond acceptors (Lipinski definition) is 5. The van der Waals surface area contributed by atoms with E-state index in [9.17, 15) is 0 Å². The summed E-state index contributed by atoms with van der Waals surface area (Å²) < 4.78 is 0. The van der Waals surface area contributed by atoms with Crippen LogP contribution in [-0.4, -0.2) is 17.3 Å². The lowest BCUT2D eigenvalue weighted by Gasteiger charge is -2.30. The zero-order chi connectivity index (χ0) is 11.7. The van der Waals surface area contributed by atoms with Crippen LogP contribution in [0.1, 0.15) is 5.01 Å². The highest BCUT2D eigenvalue weighted by atomic mass is 32.2. The molecule has 0 fully saturated rings. The van der Waals surface area contributed by atoms with Gasteiger partial charge >= 0.3 is 0 Å². The Balaban J connectivity index is 1.90. The topological polar surface area (TPSA) is 42.1 Å². The van der Waals surface area contributed by atoms with E-state index >= 15 is 0 Å². The Morgan fingerprint density at radius 1 is 1.41 bits per heavy atom. The minimum absolute atomic E-state index is 0.829. The number of hydrogen-bond donors (Lipinski definition) is 1. The largest absolute Gasteiger partial charge is 0.399 e. The third-order valence-electron chi connectivity index (χ3n) is 2.75. The number of thioether (sulfide) groups is 1. The smallest absolute Gasteiger partial charge is 0.112 e. The third-order valence-corrected chi connectivity index (χ3v) is 4.56. The van der Waals surface area contributed by atoms with E-state index in [-0.39, 0.29) is 0 Å². The van der Waals surface area contributed by atoms with Gasteiger partial charge in [-0.2, -0.15) is 0 Å². The maximum absolute atomic E-state index is 5.87. The number of nitrogens with two attached hydrogens (primary N) is 1. The van der Waals surface area contributed by atoms with Gasteiger partial charge in [-0.15, -0.1) is 23.1 Å². The van der Waals surface area contributed by atoms with Gasteiger partial charge in [0.25, 0.3) is 0 Å². The fraction of sp³-hybridized carbons (Fsp3) is 0.250. The monoisotopic (exact) mass is 263 g/mol. The predicted octanol–water partition coefficient (Wildman–Crippen LogP) is 2.84. The normalized spacial score (nSPS) is 14.7. The van der Waals surface area contributed by atoms with Crippen LogP contribution in [0.4, 0.5) is 11.4 Å². The molecule has 1 aromatic heterocycles. The van der Waals surface area contributed by atoms with Crippen LogP contribution in [0.2, 0.25) is 0 Å². The number of nitrogen functional groups attached to an aromatic ring is 1. The zero-order valence-electron chi connectivity index (χ0n) is 9.30. The number of aromatic nitrogens is 1. The molecule has 0 saturated heterocycles. The summed E-state index contributed by atoms with van der Waals surface area (Å²) in [5.74, 6) is 1.13. The average Bonchev–Trinajstić information content (AvgIpc) is 2.83. The lowest BCUT2D eigenvalue weighted by atomic mass is 10.2. The van der Waals surface area contributed by atoms with Gasteiger partial charge in [0.15, 0.2) is 0 Å². The zero-order valence-corrected chi connectivity index (χ0v) is 10.9. The molecular formula is C12H13N3S2. The Hall–Kier alpha value is -1.20. The van der Waals surface area contributed by atoms with E-state index in [4.69, 9.17) is 5.73 Å². The van der Waals surface area contributed by atoms with Crippen LogP contribution < -0.4 is 10.6 Å². The Kier molecular flexibility index (Phi) is 2.94. The van der Waals surface area contributed by atoms with E-state index in [0.717, 1.165) is 29.5 Å². The van der Waals surface area contributed by atoms with Crippen molar-refractivity contribution in [3.05, 3.63) is 34.8 Å². The summed E-state index contributed by atoms with van der Waals surface area (Å²) in [7, 11) is 0. The Morgan fingerprint density at radius 2 is 2.35 bits per heavy atom. The van der Waals surface area contributed by atoms with E-state index < -0.39 is 0 Å². The molecule has 1 aliphatic heterocycles. The number of anilines is 2. The number of fused-ring (bicyclic) bond motifs is 1. The molecule has 88 valence electrons. The Bertz CT molecular complexity index is 510. The highest BCUT2D eigenvalue weighted by Gasteiger charge is 2.18. The summed E-state index contributed by atoms with van der Waals surface area (Å²) in [6, 6.07) is 6.15. The minimum atomic E-state index is 0.829. The Morgan fingerprint density at radius 3 is 3.18 bits per heavy atom. The van der Waals surface area contributed by atoms with Crippen LogP contribution in [0.15, 0.2) is 34.7 Å². The molecule has 3 nitrogen and oxygen atoms in total. The van der Waals surface area contributed by atoms with Gasteiger partial charge in [0, 0.05) is 34.5 Å². The van der Waals surface area contributed by atoms with Crippen LogP contribution in [-0.2, 0) is 6.54 Å². The second-order valence-electron chi connectivity index (χ2n) is 3.92. The summed E-state index contributed by atoms with van der Waals surface area (Å²) in [5.41, 5.74) is 7.94. The molecule has 3 rings (SSSR count). The molecule has 0 amide bonds. The van der Waals surface area contributed by atoms with Gasteiger partial charge in [-0.25, -0.2) is 4.98 Å². The van der Waals surface area contributed by atoms with Gasteiger partial charge in [-0.05, 0) is 18.2 Å². The lowest BCUT2D eigenvalue weighted by Crippen LogP contribution is -2.28. The first-order valence-electron chi connectivity index (χ1n) is 5.48. The van der Waals surface area contributed by atoms with E-state index in [1.54, 1.807) is 11.3 Å². The van der Waals surface area contributed by atoms with Crippen LogP contribution in [0, 0.1) is 0 Å². The molecule has 0 bridgehead atoms. The van der Waals surface area contributed by atoms with Crippen LogP contribution in [0.3, 0.4) is 0 Å². The van der Waals surface area contributed by atoms with Crippen molar-refractivity contribution in [1.29, 1.82) is 0 Å². The van der Waals surface area contributed by atoms with Gasteiger partial charge in [-0.1, -0.05) is 0 Å². The second-order valence-corrected chi connectivity index (χ2v) is 6.04. The summed E-state index contributed by atoms with van der Waals surface area (Å²) in [6.07, 6.45) is 1.86. The minimum Gasteiger partial charge on any atom is -0.399 e. The summed E-state index contributed by atoms with van der Waals surface area (Å²) in [5, 5.41) is 3.18. The van der Waals surface area contributed by atoms with Crippen LogP contribution in [0.25, 0.3) is 0 Å². The molecule has 5 heteroatoms. The fourth-order valence-corrected chi connectivity index (χ4v) is 3.61. The maximum Gasteiger partial charge on any atom is 0.112 e. The number of rotatable bonds is 2. The molecule has 0 spiro atoms. The molecule has 17 heavy (non-hydrogen) atoms. The van der Waals surface area contributed by atoms with Gasteiger partial charge in [0.05, 0.1) is 12.2 Å². The first-order chi connectivity index (χ1) is 8.33. The standard InChI is InChI=1S/C12H13N3S2/c13-9-1-2-11-10(7-9)15(4-6-16-11)8-12-14-3-5-17-12/h1-3,5,7H,4,6,8,13H2. The summed E-state index contributed by atoms with van der Waals surface area (Å²) in [6.45, 7) is 1.94. The summed E-state index contributed by atoms with van der Waals surface area (Å²) >= 11 is 3.60. The first kappa shape index (κ1) is 10.9. The van der Waals surface area contributed by atoms with E-state index in [2.05, 4.69) is 22.0 Å². The molecule has 0 saturated carbocycles. The third kappa shape index (κ3) is 2.25. The Labute approximate surface area is 109 Å². The predicted molar refractivity (Wildman–Crippen MR) is 74.7 cm³/mol. The molecule has 0 atom stereocenters. The highest BCUT2D eigenvalue weighted by molar-refractivity contribution is 7.99. The number of nitrogens with zero attached hydrogens (tertiary/aromatic N) is 2. The van der Waals surface area contributed by atoms with Gasteiger partial charge < -0.3 is 10.6 Å². The SMILES string of the molecule is Nc1ccc2c(c1)N(Cc1nccs1)CCS2. The van der Waals surface area contributed by atoms with Crippen molar-refractivity contribution in [1.82, 2.24) is 4.98 Å². The van der Waals surface area contributed by atoms with E-state index in [1.807, 2.05) is 29.4 Å². The molecule has 0 aliphatic carbocycles. The number of benzene rings is 1. The molecule has 2 N–H and O–H groups in total. The van der Waals surface area contributed by atoms with E-state index in [1.165, 1.54) is 10.6 Å². The quantitative estimate of drug-likeness (QED) is 0.846. The van der Waals surface area contributed by atoms with Crippen molar-refractivity contribution in [3.63, 3.8) is 0 Å². The number of thiazole rings is 1. The van der Waals surface area contributed by atoms with Gasteiger partial charge in [0.1, 0.15) is 5.01 Å². The molecular weight excluding hydrogens is 250 g/mol. The van der Waals surface area contributed by atoms with Crippen molar-refractivity contribution in [2.75, 3.05) is 22.9 Å². The lowest BCUT2D eigenvalue weighted by molar-refractivity contribution is 0.812. The van der Waals surface area contributed by atoms with Crippen molar-refractivity contribution in [2.24, 2.45) is 0 Å². The van der Waals surface area contributed by atoms with Crippen molar-refractivity contribution >= 4 is 34.5 Å². The average molecular weight is 263 g/mol. The first-order valence-corrected chi connectivity index (χ1v) is 7.35. The van der Waals surface area contributed by atoms with Crippen LogP contribution in [0.5, 0.6) is 0 Å². The molecule has 1 aliphatic rings. The molecule has 1 aromatic carbocycles. The fourth-order valence-electron chi connectivity index (χ4n) is 1.95. The molecule has 0 unspecified atom stereocenters. The molecule has 2 heterocycles. The molecule has 0 radical (unpaired) electrons. The van der Waals surface area contributed by atoms with Crippen molar-refractivity contribution in [2.45, 2.75) is 11.4 Å². The second kappa shape index (κ2) is 4.58. The molecule has 2 aromatic rings. The van der Waals surface area contributed by atoms with Gasteiger partial charge in [-0.3, -0.25) is 0 Å². The maximum atomic E-state index is 5.87. The van der Waals surface area contributed by atoms with Crippen molar-refractivity contribution in [3.8, 4) is 0 Å².